The standard InChI is InChI=1S/C25H21NOS/c1-27-24-18-17-23(19-26-24)28-25(20-11-5-2-6-12-20,21-13-7-3-8-14-21)22-15-9-4-10-16-22/h2-19H,1H3. The van der Waals surface area contributed by atoms with E-state index in [1.807, 2.05) is 12.3 Å². The first kappa shape index (κ1) is 18.3. The summed E-state index contributed by atoms with van der Waals surface area (Å²) in [6, 6.07) is 35.9. The van der Waals surface area contributed by atoms with Crippen molar-refractivity contribution in [2.75, 3.05) is 7.11 Å². The first-order chi connectivity index (χ1) is 13.8. The van der Waals surface area contributed by atoms with Crippen LogP contribution in [0.4, 0.5) is 0 Å². The van der Waals surface area contributed by atoms with Crippen LogP contribution in [-0.4, -0.2) is 12.1 Å². The second-order valence-corrected chi connectivity index (χ2v) is 7.71. The predicted octanol–water partition coefficient (Wildman–Crippen LogP) is 6.17. The second kappa shape index (κ2) is 8.32. The maximum atomic E-state index is 5.23. The molecule has 3 aromatic carbocycles. The minimum Gasteiger partial charge on any atom is -0.481 e. The van der Waals surface area contributed by atoms with Crippen molar-refractivity contribution < 1.29 is 4.74 Å². The number of hydrogen-bond acceptors (Lipinski definition) is 3. The van der Waals surface area contributed by atoms with E-state index < -0.39 is 0 Å². The molecular formula is C25H21NOS. The smallest absolute Gasteiger partial charge is 0.212 e. The van der Waals surface area contributed by atoms with Gasteiger partial charge < -0.3 is 4.74 Å². The molecule has 3 heteroatoms. The minimum atomic E-state index is -0.389. The van der Waals surface area contributed by atoms with Crippen molar-refractivity contribution in [2.45, 2.75) is 9.64 Å². The molecule has 0 bridgehead atoms. The molecule has 0 atom stereocenters. The number of pyridine rings is 1. The average molecular weight is 384 g/mol. The number of nitrogens with zero attached hydrogens (tertiary/aromatic N) is 1. The average Bonchev–Trinajstić information content (AvgIpc) is 2.80. The molecule has 4 aromatic rings. The van der Waals surface area contributed by atoms with Crippen molar-refractivity contribution in [1.29, 1.82) is 0 Å². The van der Waals surface area contributed by atoms with Crippen LogP contribution in [-0.2, 0) is 4.75 Å². The zero-order valence-electron chi connectivity index (χ0n) is 15.7. The summed E-state index contributed by atoms with van der Waals surface area (Å²) in [4.78, 5) is 5.50. The van der Waals surface area contributed by atoms with Gasteiger partial charge in [-0.1, -0.05) is 91.0 Å². The highest BCUT2D eigenvalue weighted by Crippen LogP contribution is 2.51. The van der Waals surface area contributed by atoms with Gasteiger partial charge in [0.15, 0.2) is 0 Å². The van der Waals surface area contributed by atoms with E-state index in [1.165, 1.54) is 16.7 Å². The molecule has 4 rings (SSSR count). The third-order valence-corrected chi connectivity index (χ3v) is 6.22. The summed E-state index contributed by atoms with van der Waals surface area (Å²) in [6.07, 6.45) is 1.88. The number of methoxy groups -OCH3 is 1. The second-order valence-electron chi connectivity index (χ2n) is 6.42. The van der Waals surface area contributed by atoms with Crippen molar-refractivity contribution in [3.63, 3.8) is 0 Å². The Morgan fingerprint density at radius 2 is 1.11 bits per heavy atom. The molecule has 28 heavy (non-hydrogen) atoms. The van der Waals surface area contributed by atoms with Crippen molar-refractivity contribution in [1.82, 2.24) is 4.98 Å². The summed E-state index contributed by atoms with van der Waals surface area (Å²) in [6.45, 7) is 0. The Bertz CT molecular complexity index is 906. The van der Waals surface area contributed by atoms with Gasteiger partial charge in [-0.15, -0.1) is 11.8 Å². The van der Waals surface area contributed by atoms with Gasteiger partial charge in [0.1, 0.15) is 0 Å². The highest BCUT2D eigenvalue weighted by molar-refractivity contribution is 8.00. The van der Waals surface area contributed by atoms with E-state index >= 15 is 0 Å². The molecule has 0 N–H and O–H groups in total. The van der Waals surface area contributed by atoms with E-state index in [2.05, 4.69) is 102 Å². The molecule has 138 valence electrons. The lowest BCUT2D eigenvalue weighted by atomic mass is 9.84. The Morgan fingerprint density at radius 1 is 0.643 bits per heavy atom. The highest BCUT2D eigenvalue weighted by atomic mass is 32.2. The number of rotatable bonds is 6. The molecule has 0 aliphatic heterocycles. The molecule has 2 nitrogen and oxygen atoms in total. The third-order valence-electron chi connectivity index (χ3n) is 4.73. The first-order valence-electron chi connectivity index (χ1n) is 9.18. The lowest BCUT2D eigenvalue weighted by molar-refractivity contribution is 0.397. The molecule has 0 radical (unpaired) electrons. The van der Waals surface area contributed by atoms with Crippen molar-refractivity contribution >= 4 is 11.8 Å². The van der Waals surface area contributed by atoms with Crippen LogP contribution in [0.5, 0.6) is 5.88 Å². The van der Waals surface area contributed by atoms with Gasteiger partial charge in [-0.3, -0.25) is 0 Å². The van der Waals surface area contributed by atoms with Crippen molar-refractivity contribution in [2.24, 2.45) is 0 Å². The summed E-state index contributed by atoms with van der Waals surface area (Å²) in [5.74, 6) is 0.620. The van der Waals surface area contributed by atoms with Crippen LogP contribution in [0.2, 0.25) is 0 Å². The zero-order chi connectivity index (χ0) is 19.2. The quantitative estimate of drug-likeness (QED) is 0.293. The summed E-state index contributed by atoms with van der Waals surface area (Å²) < 4.78 is 4.84. The molecule has 0 saturated carbocycles. The zero-order valence-corrected chi connectivity index (χ0v) is 16.5. The SMILES string of the molecule is COc1ccc(SC(c2ccccc2)(c2ccccc2)c2ccccc2)cn1. The molecule has 1 aromatic heterocycles. The Balaban J connectivity index is 1.95. The maximum absolute atomic E-state index is 5.23. The normalized spacial score (nSPS) is 11.2. The van der Waals surface area contributed by atoms with E-state index in [4.69, 9.17) is 4.74 Å². The van der Waals surface area contributed by atoms with Gasteiger partial charge in [-0.2, -0.15) is 0 Å². The lowest BCUT2D eigenvalue weighted by Gasteiger charge is -2.35. The minimum absolute atomic E-state index is 0.389. The van der Waals surface area contributed by atoms with Gasteiger partial charge in [0, 0.05) is 17.2 Å². The molecule has 0 aliphatic carbocycles. The first-order valence-corrected chi connectivity index (χ1v) is 10.0. The lowest BCUT2D eigenvalue weighted by Crippen LogP contribution is -2.25. The summed E-state index contributed by atoms with van der Waals surface area (Å²) in [7, 11) is 1.64. The van der Waals surface area contributed by atoms with E-state index in [0.717, 1.165) is 4.90 Å². The van der Waals surface area contributed by atoms with Crippen LogP contribution in [0, 0.1) is 0 Å². The van der Waals surface area contributed by atoms with Gasteiger partial charge in [-0.25, -0.2) is 4.98 Å². The number of thioether (sulfide) groups is 1. The Morgan fingerprint density at radius 3 is 1.46 bits per heavy atom. The van der Waals surface area contributed by atoms with E-state index in [-0.39, 0.29) is 4.75 Å². The van der Waals surface area contributed by atoms with Gasteiger partial charge in [-0.05, 0) is 22.8 Å². The van der Waals surface area contributed by atoms with Crippen molar-refractivity contribution in [3.8, 4) is 5.88 Å². The fourth-order valence-electron chi connectivity index (χ4n) is 3.42. The highest BCUT2D eigenvalue weighted by Gasteiger charge is 2.37. The van der Waals surface area contributed by atoms with E-state index in [1.54, 1.807) is 18.9 Å². The van der Waals surface area contributed by atoms with Crippen LogP contribution < -0.4 is 4.74 Å². The largest absolute Gasteiger partial charge is 0.481 e. The van der Waals surface area contributed by atoms with Gasteiger partial charge in [0.05, 0.1) is 11.9 Å². The number of benzene rings is 3. The van der Waals surface area contributed by atoms with Crippen LogP contribution in [0.1, 0.15) is 16.7 Å². The fraction of sp³-hybridized carbons (Fsp3) is 0.0800. The molecule has 0 spiro atoms. The number of ether oxygens (including phenoxy) is 1. The van der Waals surface area contributed by atoms with Crippen molar-refractivity contribution in [3.05, 3.63) is 126 Å². The maximum Gasteiger partial charge on any atom is 0.212 e. The predicted molar refractivity (Wildman–Crippen MR) is 116 cm³/mol. The summed E-state index contributed by atoms with van der Waals surface area (Å²) in [5.41, 5.74) is 3.69. The summed E-state index contributed by atoms with van der Waals surface area (Å²) in [5, 5.41) is 0. The topological polar surface area (TPSA) is 22.1 Å². The van der Waals surface area contributed by atoms with Gasteiger partial charge in [0.25, 0.3) is 0 Å². The molecule has 1 heterocycles. The van der Waals surface area contributed by atoms with Crippen LogP contribution in [0.3, 0.4) is 0 Å². The Hall–Kier alpha value is -3.04. The van der Waals surface area contributed by atoms with Gasteiger partial charge >= 0.3 is 0 Å². The Labute approximate surface area is 170 Å². The summed E-state index contributed by atoms with van der Waals surface area (Å²) >= 11 is 1.80. The molecule has 0 unspecified atom stereocenters. The van der Waals surface area contributed by atoms with E-state index in [0.29, 0.717) is 5.88 Å². The van der Waals surface area contributed by atoms with Crippen LogP contribution in [0.25, 0.3) is 0 Å². The molecule has 0 saturated heterocycles. The van der Waals surface area contributed by atoms with Crippen LogP contribution >= 0.6 is 11.8 Å². The third kappa shape index (κ3) is 3.54. The van der Waals surface area contributed by atoms with E-state index in [9.17, 15) is 0 Å². The molecular weight excluding hydrogens is 362 g/mol. The van der Waals surface area contributed by atoms with Gasteiger partial charge in [0.2, 0.25) is 5.88 Å². The van der Waals surface area contributed by atoms with Crippen LogP contribution in [0.15, 0.2) is 114 Å². The molecule has 0 fully saturated rings. The Kier molecular flexibility index (Phi) is 5.45. The fourth-order valence-corrected chi connectivity index (χ4v) is 4.78. The number of hydrogen-bond donors (Lipinski definition) is 0. The number of aromatic nitrogens is 1. The molecule has 0 amide bonds. The molecule has 0 aliphatic rings. The monoisotopic (exact) mass is 383 g/mol.